The van der Waals surface area contributed by atoms with Crippen LogP contribution in [0.1, 0.15) is 23.9 Å². The molecule has 4 aromatic rings. The quantitative estimate of drug-likeness (QED) is 0.300. The summed E-state index contributed by atoms with van der Waals surface area (Å²) in [7, 11) is 3.24. The lowest BCUT2D eigenvalue weighted by molar-refractivity contribution is -0.00440. The summed E-state index contributed by atoms with van der Waals surface area (Å²) in [4.78, 5) is 25.5. The van der Waals surface area contributed by atoms with Crippen LogP contribution < -0.4 is 20.1 Å². The van der Waals surface area contributed by atoms with Crippen LogP contribution in [-0.4, -0.2) is 69.8 Å². The van der Waals surface area contributed by atoms with Gasteiger partial charge in [-0.1, -0.05) is 12.1 Å². The highest BCUT2D eigenvalue weighted by Crippen LogP contribution is 2.29. The molecule has 2 N–H and O–H groups in total. The molecule has 4 heterocycles. The van der Waals surface area contributed by atoms with Crippen molar-refractivity contribution in [3.05, 3.63) is 71.8 Å². The van der Waals surface area contributed by atoms with Crippen LogP contribution in [0.25, 0.3) is 11.4 Å². The third-order valence-electron chi connectivity index (χ3n) is 6.64. The van der Waals surface area contributed by atoms with E-state index in [0.717, 1.165) is 54.4 Å². The van der Waals surface area contributed by atoms with Crippen LogP contribution in [-0.2, 0) is 17.8 Å². The summed E-state index contributed by atoms with van der Waals surface area (Å²) in [6, 6.07) is 14.0. The van der Waals surface area contributed by atoms with E-state index in [1.807, 2.05) is 43.5 Å². The van der Waals surface area contributed by atoms with Crippen LogP contribution in [0.4, 0.5) is 17.5 Å². The molecule has 11 nitrogen and oxygen atoms in total. The maximum Gasteiger partial charge on any atom is 0.226 e. The summed E-state index contributed by atoms with van der Waals surface area (Å²) in [6.07, 6.45) is 3.59. The van der Waals surface area contributed by atoms with Crippen molar-refractivity contribution >= 4 is 17.5 Å². The van der Waals surface area contributed by atoms with E-state index in [1.54, 1.807) is 26.5 Å². The minimum atomic E-state index is 0.327. The maximum atomic E-state index is 5.62. The Morgan fingerprint density at radius 1 is 0.975 bits per heavy atom. The van der Waals surface area contributed by atoms with Crippen molar-refractivity contribution in [2.24, 2.45) is 0 Å². The van der Waals surface area contributed by atoms with Crippen molar-refractivity contribution in [2.45, 2.75) is 33.0 Å². The van der Waals surface area contributed by atoms with Crippen molar-refractivity contribution in [1.29, 1.82) is 0 Å². The minimum Gasteiger partial charge on any atom is -0.497 e. The first-order valence-electron chi connectivity index (χ1n) is 13.2. The van der Waals surface area contributed by atoms with Gasteiger partial charge in [0.2, 0.25) is 11.8 Å². The van der Waals surface area contributed by atoms with Crippen molar-refractivity contribution < 1.29 is 14.2 Å². The Kier molecular flexibility index (Phi) is 8.62. The maximum absolute atomic E-state index is 5.62. The molecule has 1 atom stereocenters. The molecular weight excluding hydrogens is 508 g/mol. The molecule has 3 aromatic heterocycles. The number of pyridine rings is 2. The van der Waals surface area contributed by atoms with Crippen molar-refractivity contribution in [3.8, 4) is 23.0 Å². The van der Waals surface area contributed by atoms with Crippen molar-refractivity contribution in [3.63, 3.8) is 0 Å². The molecule has 0 bridgehead atoms. The number of anilines is 3. The van der Waals surface area contributed by atoms with Gasteiger partial charge in [-0.3, -0.25) is 4.90 Å². The number of hydrogen-bond acceptors (Lipinski definition) is 11. The number of hydrogen-bond donors (Lipinski definition) is 2. The molecule has 1 aliphatic rings. The lowest BCUT2D eigenvalue weighted by Crippen LogP contribution is -2.42. The highest BCUT2D eigenvalue weighted by Gasteiger charge is 2.20. The van der Waals surface area contributed by atoms with Crippen LogP contribution in [0.2, 0.25) is 0 Å². The van der Waals surface area contributed by atoms with Gasteiger partial charge >= 0.3 is 0 Å². The van der Waals surface area contributed by atoms with Gasteiger partial charge in [0.1, 0.15) is 17.4 Å². The number of nitrogens with zero attached hydrogens (tertiary/aromatic N) is 6. The van der Waals surface area contributed by atoms with Crippen LogP contribution >= 0.6 is 0 Å². The normalized spacial score (nSPS) is 15.4. The summed E-state index contributed by atoms with van der Waals surface area (Å²) < 4.78 is 16.1. The Hall–Kier alpha value is -4.35. The molecule has 1 unspecified atom stereocenters. The number of rotatable bonds is 10. The summed E-state index contributed by atoms with van der Waals surface area (Å²) in [5.74, 6) is 3.59. The average molecular weight is 543 g/mol. The van der Waals surface area contributed by atoms with Gasteiger partial charge in [0.05, 0.1) is 44.9 Å². The monoisotopic (exact) mass is 542 g/mol. The fourth-order valence-corrected chi connectivity index (χ4v) is 4.41. The first-order chi connectivity index (χ1) is 19.5. The third kappa shape index (κ3) is 6.80. The van der Waals surface area contributed by atoms with E-state index in [-0.39, 0.29) is 0 Å². The Labute approximate surface area is 234 Å². The van der Waals surface area contributed by atoms with E-state index in [9.17, 15) is 0 Å². The summed E-state index contributed by atoms with van der Waals surface area (Å²) >= 11 is 0. The van der Waals surface area contributed by atoms with Crippen molar-refractivity contribution in [1.82, 2.24) is 29.8 Å². The predicted molar refractivity (Wildman–Crippen MR) is 153 cm³/mol. The largest absolute Gasteiger partial charge is 0.497 e. The van der Waals surface area contributed by atoms with Crippen molar-refractivity contribution in [2.75, 3.05) is 44.6 Å². The molecular formula is C29H34N8O3. The van der Waals surface area contributed by atoms with E-state index < -0.39 is 0 Å². The second kappa shape index (κ2) is 12.7. The molecule has 5 rings (SSSR count). The number of methoxy groups -OCH3 is 2. The molecule has 0 spiro atoms. The summed E-state index contributed by atoms with van der Waals surface area (Å²) in [5, 5.41) is 6.70. The Bertz CT molecular complexity index is 1420. The first kappa shape index (κ1) is 27.2. The molecule has 11 heteroatoms. The van der Waals surface area contributed by atoms with Gasteiger partial charge in [0, 0.05) is 37.9 Å². The lowest BCUT2D eigenvalue weighted by Gasteiger charge is -2.33. The highest BCUT2D eigenvalue weighted by atomic mass is 16.5. The smallest absolute Gasteiger partial charge is 0.226 e. The molecule has 0 amide bonds. The first-order valence-corrected chi connectivity index (χ1v) is 13.2. The van der Waals surface area contributed by atoms with Gasteiger partial charge in [0.15, 0.2) is 5.82 Å². The molecule has 40 heavy (non-hydrogen) atoms. The second-order valence-corrected chi connectivity index (χ2v) is 9.58. The van der Waals surface area contributed by atoms with E-state index in [1.165, 1.54) is 0 Å². The van der Waals surface area contributed by atoms with E-state index in [0.29, 0.717) is 41.9 Å². The van der Waals surface area contributed by atoms with Gasteiger partial charge in [-0.25, -0.2) is 15.0 Å². The van der Waals surface area contributed by atoms with E-state index in [2.05, 4.69) is 43.5 Å². The van der Waals surface area contributed by atoms with Gasteiger partial charge in [0.25, 0.3) is 0 Å². The minimum absolute atomic E-state index is 0.327. The zero-order valence-corrected chi connectivity index (χ0v) is 23.2. The fourth-order valence-electron chi connectivity index (χ4n) is 4.41. The standard InChI is InChI=1S/C29H34N8O3/c1-19-18-40-12-11-37(19)17-22-13-25(27(31-15-22)35-23-7-10-26(39-4)30-16-23)28-33-20(2)34-29(36-28)32-14-21-5-8-24(38-3)9-6-21/h5-10,13,15-16,19H,11-12,14,17-18H2,1-4H3,(H,31,35)(H,32,33,34,36). The summed E-state index contributed by atoms with van der Waals surface area (Å²) in [5.41, 5.74) is 3.69. The van der Waals surface area contributed by atoms with Crippen LogP contribution in [0.15, 0.2) is 54.9 Å². The SMILES string of the molecule is COc1ccc(CNc2nc(C)nc(-c3cc(CN4CCOCC4C)cnc3Nc3ccc(OC)nc3)n2)cc1. The number of ether oxygens (including phenoxy) is 3. The number of morpholine rings is 1. The Morgan fingerprint density at radius 3 is 2.55 bits per heavy atom. The molecule has 0 radical (unpaired) electrons. The average Bonchev–Trinajstić information content (AvgIpc) is 2.98. The topological polar surface area (TPSA) is 119 Å². The summed E-state index contributed by atoms with van der Waals surface area (Å²) in [6.45, 7) is 7.67. The van der Waals surface area contributed by atoms with E-state index >= 15 is 0 Å². The zero-order valence-electron chi connectivity index (χ0n) is 23.2. The molecule has 1 aliphatic heterocycles. The zero-order chi connectivity index (χ0) is 27.9. The molecule has 1 aromatic carbocycles. The second-order valence-electron chi connectivity index (χ2n) is 9.58. The van der Waals surface area contributed by atoms with Gasteiger partial charge in [-0.2, -0.15) is 9.97 Å². The number of benzene rings is 1. The van der Waals surface area contributed by atoms with E-state index in [4.69, 9.17) is 24.2 Å². The van der Waals surface area contributed by atoms with Gasteiger partial charge in [-0.15, -0.1) is 0 Å². The van der Waals surface area contributed by atoms with Crippen LogP contribution in [0.5, 0.6) is 11.6 Å². The molecule has 1 fully saturated rings. The fraction of sp³-hybridized carbons (Fsp3) is 0.345. The number of aromatic nitrogens is 5. The third-order valence-corrected chi connectivity index (χ3v) is 6.64. The number of aryl methyl sites for hydroxylation is 1. The molecule has 1 saturated heterocycles. The lowest BCUT2D eigenvalue weighted by atomic mass is 10.1. The predicted octanol–water partition coefficient (Wildman–Crippen LogP) is 4.23. The van der Waals surface area contributed by atoms with Gasteiger partial charge in [-0.05, 0) is 49.2 Å². The van der Waals surface area contributed by atoms with Crippen LogP contribution in [0, 0.1) is 6.92 Å². The van der Waals surface area contributed by atoms with Crippen LogP contribution in [0.3, 0.4) is 0 Å². The molecule has 208 valence electrons. The Morgan fingerprint density at radius 2 is 1.82 bits per heavy atom. The molecule has 0 aliphatic carbocycles. The number of nitrogens with one attached hydrogen (secondary N) is 2. The highest BCUT2D eigenvalue weighted by molar-refractivity contribution is 5.75. The molecule has 0 saturated carbocycles. The van der Waals surface area contributed by atoms with Gasteiger partial charge < -0.3 is 24.8 Å². The Balaban J connectivity index is 1.44.